The maximum Gasteiger partial charge on any atom is 0.411 e. The molecular weight excluding hydrogens is 245 g/mol. The zero-order valence-electron chi connectivity index (χ0n) is 10.9. The summed E-state index contributed by atoms with van der Waals surface area (Å²) >= 11 is 0. The first-order valence-electron chi connectivity index (χ1n) is 6.52. The number of halogens is 3. The summed E-state index contributed by atoms with van der Waals surface area (Å²) in [6, 6.07) is 0. The molecule has 1 saturated heterocycles. The van der Waals surface area contributed by atoms with E-state index in [2.05, 4.69) is 15.0 Å². The van der Waals surface area contributed by atoms with Crippen molar-refractivity contribution in [1.82, 2.24) is 10.2 Å². The molecule has 0 atom stereocenters. The molecule has 1 aliphatic rings. The molecule has 0 aromatic rings. The van der Waals surface area contributed by atoms with Crippen LogP contribution in [-0.2, 0) is 4.74 Å². The van der Waals surface area contributed by atoms with Gasteiger partial charge in [-0.2, -0.15) is 13.2 Å². The van der Waals surface area contributed by atoms with Crippen LogP contribution in [0.25, 0.3) is 0 Å². The number of piperidine rings is 1. The van der Waals surface area contributed by atoms with Crippen LogP contribution in [0.3, 0.4) is 0 Å². The summed E-state index contributed by atoms with van der Waals surface area (Å²) in [6.45, 7) is 2.63. The first-order chi connectivity index (χ1) is 8.51. The molecule has 1 fully saturated rings. The van der Waals surface area contributed by atoms with Crippen molar-refractivity contribution < 1.29 is 17.9 Å². The molecule has 1 rings (SSSR count). The molecule has 0 spiro atoms. The van der Waals surface area contributed by atoms with Gasteiger partial charge in [0.1, 0.15) is 6.61 Å². The second-order valence-corrected chi connectivity index (χ2v) is 4.85. The molecule has 6 heteroatoms. The molecule has 0 radical (unpaired) electrons. The Labute approximate surface area is 107 Å². The topological polar surface area (TPSA) is 24.5 Å². The fraction of sp³-hybridized carbons (Fsp3) is 1.00. The van der Waals surface area contributed by atoms with E-state index in [0.29, 0.717) is 6.54 Å². The zero-order chi connectivity index (χ0) is 13.4. The highest BCUT2D eigenvalue weighted by Crippen LogP contribution is 2.20. The molecule has 0 aromatic heterocycles. The van der Waals surface area contributed by atoms with Gasteiger partial charge in [0.2, 0.25) is 0 Å². The third-order valence-corrected chi connectivity index (χ3v) is 3.33. The van der Waals surface area contributed by atoms with Crippen LogP contribution in [0.4, 0.5) is 13.2 Å². The lowest BCUT2D eigenvalue weighted by atomic mass is 9.93. The summed E-state index contributed by atoms with van der Waals surface area (Å²) < 4.78 is 40.2. The molecule has 0 bridgehead atoms. The van der Waals surface area contributed by atoms with Gasteiger partial charge >= 0.3 is 6.18 Å². The number of likely N-dealkylation sites (tertiary alicyclic amines) is 1. The summed E-state index contributed by atoms with van der Waals surface area (Å²) in [5.74, 6) is 0.754. The van der Waals surface area contributed by atoms with Gasteiger partial charge in [-0.05, 0) is 51.9 Å². The number of nitrogens with one attached hydrogen (secondary N) is 1. The molecule has 0 aromatic carbocycles. The molecule has 1 heterocycles. The Bertz CT molecular complexity index is 216. The van der Waals surface area contributed by atoms with Gasteiger partial charge in [0.15, 0.2) is 0 Å². The van der Waals surface area contributed by atoms with Crippen molar-refractivity contribution in [3.8, 4) is 0 Å². The van der Waals surface area contributed by atoms with Crippen LogP contribution >= 0.6 is 0 Å². The van der Waals surface area contributed by atoms with Crippen LogP contribution in [0.15, 0.2) is 0 Å². The van der Waals surface area contributed by atoms with Crippen LogP contribution in [0.2, 0.25) is 0 Å². The minimum absolute atomic E-state index is 0.167. The third-order valence-electron chi connectivity index (χ3n) is 3.33. The number of nitrogens with zero attached hydrogens (tertiary/aromatic N) is 1. The number of rotatable bonds is 7. The van der Waals surface area contributed by atoms with E-state index >= 15 is 0 Å². The Morgan fingerprint density at radius 1 is 1.28 bits per heavy atom. The van der Waals surface area contributed by atoms with E-state index in [1.54, 1.807) is 0 Å². The summed E-state index contributed by atoms with van der Waals surface area (Å²) in [4.78, 5) is 2.19. The first-order valence-corrected chi connectivity index (χ1v) is 6.52. The Hall–Kier alpha value is -0.330. The molecule has 0 unspecified atom stereocenters. The Balaban J connectivity index is 2.02. The predicted octanol–water partition coefficient (Wildman–Crippen LogP) is 1.89. The highest BCUT2D eigenvalue weighted by Gasteiger charge is 2.27. The Kier molecular flexibility index (Phi) is 6.96. The SMILES string of the molecule is CNCCC1CCN(CCOCC(F)(F)F)CC1. The number of alkyl halides is 3. The minimum Gasteiger partial charge on any atom is -0.371 e. The van der Waals surface area contributed by atoms with Gasteiger partial charge in [-0.1, -0.05) is 0 Å². The molecule has 0 amide bonds. The van der Waals surface area contributed by atoms with Gasteiger partial charge < -0.3 is 15.0 Å². The van der Waals surface area contributed by atoms with Crippen molar-refractivity contribution in [1.29, 1.82) is 0 Å². The van der Waals surface area contributed by atoms with Gasteiger partial charge in [0.25, 0.3) is 0 Å². The molecule has 0 saturated carbocycles. The lowest BCUT2D eigenvalue weighted by Gasteiger charge is -2.31. The normalized spacial score (nSPS) is 19.3. The molecule has 1 aliphatic heterocycles. The monoisotopic (exact) mass is 268 g/mol. The summed E-state index contributed by atoms with van der Waals surface area (Å²) in [6.07, 6.45) is -0.739. The fourth-order valence-electron chi connectivity index (χ4n) is 2.23. The first kappa shape index (κ1) is 15.7. The van der Waals surface area contributed by atoms with Crippen LogP contribution in [0, 0.1) is 5.92 Å². The van der Waals surface area contributed by atoms with Crippen molar-refractivity contribution in [3.05, 3.63) is 0 Å². The van der Waals surface area contributed by atoms with E-state index in [1.165, 1.54) is 6.42 Å². The van der Waals surface area contributed by atoms with Crippen LogP contribution < -0.4 is 5.32 Å². The van der Waals surface area contributed by atoms with E-state index in [-0.39, 0.29) is 6.61 Å². The van der Waals surface area contributed by atoms with Crippen molar-refractivity contribution in [3.63, 3.8) is 0 Å². The Morgan fingerprint density at radius 2 is 1.94 bits per heavy atom. The van der Waals surface area contributed by atoms with Crippen molar-refractivity contribution in [2.24, 2.45) is 5.92 Å². The second kappa shape index (κ2) is 7.96. The highest BCUT2D eigenvalue weighted by molar-refractivity contribution is 4.72. The second-order valence-electron chi connectivity index (χ2n) is 4.85. The molecule has 1 N–H and O–H groups in total. The largest absolute Gasteiger partial charge is 0.411 e. The van der Waals surface area contributed by atoms with Crippen molar-refractivity contribution in [2.45, 2.75) is 25.4 Å². The quantitative estimate of drug-likeness (QED) is 0.714. The highest BCUT2D eigenvalue weighted by atomic mass is 19.4. The van der Waals surface area contributed by atoms with E-state index in [0.717, 1.165) is 38.4 Å². The van der Waals surface area contributed by atoms with Gasteiger partial charge in [-0.3, -0.25) is 0 Å². The molecule has 0 aliphatic carbocycles. The number of hydrogen-bond acceptors (Lipinski definition) is 3. The van der Waals surface area contributed by atoms with E-state index in [9.17, 15) is 13.2 Å². The van der Waals surface area contributed by atoms with Gasteiger partial charge in [0.05, 0.1) is 6.61 Å². The van der Waals surface area contributed by atoms with E-state index in [4.69, 9.17) is 0 Å². The van der Waals surface area contributed by atoms with Crippen LogP contribution in [0.1, 0.15) is 19.3 Å². The molecule has 18 heavy (non-hydrogen) atoms. The van der Waals surface area contributed by atoms with Crippen LogP contribution in [0.5, 0.6) is 0 Å². The van der Waals surface area contributed by atoms with Gasteiger partial charge in [-0.25, -0.2) is 0 Å². The van der Waals surface area contributed by atoms with Gasteiger partial charge in [-0.15, -0.1) is 0 Å². The van der Waals surface area contributed by atoms with Crippen LogP contribution in [-0.4, -0.2) is 57.5 Å². The predicted molar refractivity (Wildman–Crippen MR) is 64.6 cm³/mol. The fourth-order valence-corrected chi connectivity index (χ4v) is 2.23. The summed E-state index contributed by atoms with van der Waals surface area (Å²) in [5.41, 5.74) is 0. The lowest BCUT2D eigenvalue weighted by molar-refractivity contribution is -0.174. The van der Waals surface area contributed by atoms with E-state index in [1.807, 2.05) is 7.05 Å². The summed E-state index contributed by atoms with van der Waals surface area (Å²) in [5, 5.41) is 3.14. The van der Waals surface area contributed by atoms with Crippen molar-refractivity contribution >= 4 is 0 Å². The molecule has 3 nitrogen and oxygen atoms in total. The average molecular weight is 268 g/mol. The standard InChI is InChI=1S/C12H23F3N2O/c1-16-5-2-11-3-6-17(7-4-11)8-9-18-10-12(13,14)15/h11,16H,2-10H2,1H3. The third kappa shape index (κ3) is 7.18. The van der Waals surface area contributed by atoms with Crippen molar-refractivity contribution in [2.75, 3.05) is 46.4 Å². The minimum atomic E-state index is -4.21. The Morgan fingerprint density at radius 3 is 2.50 bits per heavy atom. The molecule has 108 valence electrons. The maximum absolute atomic E-state index is 11.8. The maximum atomic E-state index is 11.8. The van der Waals surface area contributed by atoms with Gasteiger partial charge in [0, 0.05) is 6.54 Å². The molecular formula is C12H23F3N2O. The average Bonchev–Trinajstić information content (AvgIpc) is 2.32. The zero-order valence-corrected chi connectivity index (χ0v) is 10.9. The lowest BCUT2D eigenvalue weighted by Crippen LogP contribution is -2.37. The number of ether oxygens (including phenoxy) is 1. The summed E-state index contributed by atoms with van der Waals surface area (Å²) in [7, 11) is 1.95. The number of hydrogen-bond donors (Lipinski definition) is 1. The van der Waals surface area contributed by atoms with E-state index < -0.39 is 12.8 Å². The smallest absolute Gasteiger partial charge is 0.371 e.